The molecule has 0 saturated carbocycles. The molecule has 4 heterocycles. The molecule has 4 rings (SSSR count). The molecule has 0 radical (unpaired) electrons. The molecule has 2 aromatic heterocycles. The lowest BCUT2D eigenvalue weighted by Gasteiger charge is -2.33. The molecular weight excluding hydrogens is 268 g/mol. The van der Waals surface area contributed by atoms with Crippen LogP contribution in [0.3, 0.4) is 0 Å². The maximum atomic E-state index is 11.2. The summed E-state index contributed by atoms with van der Waals surface area (Å²) >= 11 is 0. The largest absolute Gasteiger partial charge is 0.362 e. The summed E-state index contributed by atoms with van der Waals surface area (Å²) in [7, 11) is 0. The standard InChI is InChI=1S/C15H18N4O2/c20-14-9-21-15(10-16-14)3-6-18(11-15)8-12-2-5-19-13(7-12)1-4-17-19/h1-2,4-5,7H,3,6,8-11H2,(H,16,20). The second kappa shape index (κ2) is 4.82. The highest BCUT2D eigenvalue weighted by atomic mass is 16.5. The van der Waals surface area contributed by atoms with Crippen LogP contribution in [0.1, 0.15) is 12.0 Å². The van der Waals surface area contributed by atoms with E-state index in [4.69, 9.17) is 4.74 Å². The smallest absolute Gasteiger partial charge is 0.246 e. The first-order valence-electron chi connectivity index (χ1n) is 7.28. The molecule has 21 heavy (non-hydrogen) atoms. The molecule has 6 heteroatoms. The van der Waals surface area contributed by atoms with Crippen molar-refractivity contribution in [3.63, 3.8) is 0 Å². The highest BCUT2D eigenvalue weighted by Crippen LogP contribution is 2.28. The van der Waals surface area contributed by atoms with Gasteiger partial charge < -0.3 is 10.1 Å². The van der Waals surface area contributed by atoms with Crippen LogP contribution in [0, 0.1) is 0 Å². The van der Waals surface area contributed by atoms with Gasteiger partial charge in [0.2, 0.25) is 5.91 Å². The summed E-state index contributed by atoms with van der Waals surface area (Å²) < 4.78 is 7.67. The Morgan fingerprint density at radius 1 is 1.43 bits per heavy atom. The fourth-order valence-corrected chi connectivity index (χ4v) is 3.23. The van der Waals surface area contributed by atoms with Crippen molar-refractivity contribution in [2.75, 3.05) is 26.2 Å². The van der Waals surface area contributed by atoms with E-state index in [0.29, 0.717) is 6.54 Å². The topological polar surface area (TPSA) is 58.9 Å². The van der Waals surface area contributed by atoms with Crippen molar-refractivity contribution in [3.05, 3.63) is 36.2 Å². The van der Waals surface area contributed by atoms with Gasteiger partial charge in [-0.3, -0.25) is 9.69 Å². The molecule has 2 aliphatic rings. The molecule has 2 aliphatic heterocycles. The van der Waals surface area contributed by atoms with E-state index in [0.717, 1.165) is 31.6 Å². The number of rotatable bonds is 2. The number of nitrogens with zero attached hydrogens (tertiary/aromatic N) is 3. The van der Waals surface area contributed by atoms with Crippen molar-refractivity contribution in [3.8, 4) is 0 Å². The van der Waals surface area contributed by atoms with Gasteiger partial charge >= 0.3 is 0 Å². The van der Waals surface area contributed by atoms with E-state index >= 15 is 0 Å². The fraction of sp³-hybridized carbons (Fsp3) is 0.467. The number of hydrogen-bond donors (Lipinski definition) is 1. The lowest BCUT2D eigenvalue weighted by molar-refractivity contribution is -0.142. The van der Waals surface area contributed by atoms with Gasteiger partial charge in [0.1, 0.15) is 6.61 Å². The molecule has 2 saturated heterocycles. The first-order chi connectivity index (χ1) is 10.2. The van der Waals surface area contributed by atoms with Gasteiger partial charge in [0.15, 0.2) is 0 Å². The van der Waals surface area contributed by atoms with E-state index in [1.54, 1.807) is 0 Å². The van der Waals surface area contributed by atoms with Crippen molar-refractivity contribution in [1.82, 2.24) is 19.8 Å². The number of ether oxygens (including phenoxy) is 1. The van der Waals surface area contributed by atoms with Crippen molar-refractivity contribution >= 4 is 11.4 Å². The molecule has 1 unspecified atom stereocenters. The molecule has 0 aromatic carbocycles. The van der Waals surface area contributed by atoms with Gasteiger partial charge in [0.05, 0.1) is 11.1 Å². The Morgan fingerprint density at radius 2 is 2.38 bits per heavy atom. The van der Waals surface area contributed by atoms with Crippen LogP contribution in [-0.2, 0) is 16.1 Å². The molecule has 2 aromatic rings. The number of carbonyl (C=O) groups is 1. The van der Waals surface area contributed by atoms with Crippen LogP contribution in [0.15, 0.2) is 30.6 Å². The predicted octanol–water partition coefficient (Wildman–Crippen LogP) is 0.425. The van der Waals surface area contributed by atoms with Crippen LogP contribution in [0.5, 0.6) is 0 Å². The number of likely N-dealkylation sites (tertiary alicyclic amines) is 1. The van der Waals surface area contributed by atoms with Crippen LogP contribution in [0.2, 0.25) is 0 Å². The summed E-state index contributed by atoms with van der Waals surface area (Å²) in [6.07, 6.45) is 4.78. The Bertz CT molecular complexity index is 671. The molecule has 1 spiro atoms. The number of carbonyl (C=O) groups excluding carboxylic acids is 1. The minimum atomic E-state index is -0.186. The van der Waals surface area contributed by atoms with E-state index in [9.17, 15) is 4.79 Å². The first kappa shape index (κ1) is 12.8. The number of pyridine rings is 1. The molecule has 1 amide bonds. The van der Waals surface area contributed by atoms with Crippen molar-refractivity contribution < 1.29 is 9.53 Å². The van der Waals surface area contributed by atoms with Gasteiger partial charge in [-0.15, -0.1) is 0 Å². The summed E-state index contributed by atoms with van der Waals surface area (Å²) in [5, 5.41) is 7.13. The van der Waals surface area contributed by atoms with Crippen LogP contribution < -0.4 is 5.32 Å². The number of fused-ring (bicyclic) bond motifs is 1. The molecule has 110 valence electrons. The van der Waals surface area contributed by atoms with Gasteiger partial charge in [-0.05, 0) is 30.2 Å². The van der Waals surface area contributed by atoms with Crippen molar-refractivity contribution in [2.45, 2.75) is 18.6 Å². The van der Waals surface area contributed by atoms with E-state index in [2.05, 4.69) is 27.4 Å². The van der Waals surface area contributed by atoms with E-state index in [1.165, 1.54) is 5.56 Å². The zero-order valence-corrected chi connectivity index (χ0v) is 11.8. The summed E-state index contributed by atoms with van der Waals surface area (Å²) in [4.78, 5) is 13.6. The van der Waals surface area contributed by atoms with E-state index in [-0.39, 0.29) is 18.1 Å². The fourth-order valence-electron chi connectivity index (χ4n) is 3.23. The van der Waals surface area contributed by atoms with Crippen LogP contribution in [0.4, 0.5) is 0 Å². The van der Waals surface area contributed by atoms with E-state index < -0.39 is 0 Å². The molecule has 2 fully saturated rings. The average molecular weight is 286 g/mol. The van der Waals surface area contributed by atoms with Gasteiger partial charge in [-0.25, -0.2) is 4.52 Å². The summed E-state index contributed by atoms with van der Waals surface area (Å²) in [6.45, 7) is 3.60. The van der Waals surface area contributed by atoms with Crippen molar-refractivity contribution in [2.24, 2.45) is 0 Å². The average Bonchev–Trinajstić information content (AvgIpc) is 3.10. The number of aromatic nitrogens is 2. The number of nitrogens with one attached hydrogen (secondary N) is 1. The zero-order valence-electron chi connectivity index (χ0n) is 11.8. The van der Waals surface area contributed by atoms with Crippen molar-refractivity contribution in [1.29, 1.82) is 0 Å². The third-order valence-corrected chi connectivity index (χ3v) is 4.38. The lowest BCUT2D eigenvalue weighted by Crippen LogP contribution is -2.53. The maximum absolute atomic E-state index is 11.2. The summed E-state index contributed by atoms with van der Waals surface area (Å²) in [6, 6.07) is 6.28. The zero-order chi connectivity index (χ0) is 14.3. The summed E-state index contributed by atoms with van der Waals surface area (Å²) in [5.41, 5.74) is 2.21. The normalized spacial score (nSPS) is 26.6. The Kier molecular flexibility index (Phi) is 2.94. The molecule has 1 atom stereocenters. The van der Waals surface area contributed by atoms with Gasteiger partial charge in [0.25, 0.3) is 0 Å². The van der Waals surface area contributed by atoms with Gasteiger partial charge in [-0.2, -0.15) is 5.10 Å². The van der Waals surface area contributed by atoms with Gasteiger partial charge in [0, 0.05) is 38.6 Å². The minimum Gasteiger partial charge on any atom is -0.362 e. The van der Waals surface area contributed by atoms with Crippen LogP contribution >= 0.6 is 0 Å². The molecule has 0 bridgehead atoms. The van der Waals surface area contributed by atoms with Crippen LogP contribution in [0.25, 0.3) is 5.52 Å². The molecular formula is C15H18N4O2. The number of morpholine rings is 1. The second-order valence-corrected chi connectivity index (χ2v) is 5.94. The Hall–Kier alpha value is -1.92. The second-order valence-electron chi connectivity index (χ2n) is 5.94. The number of hydrogen-bond acceptors (Lipinski definition) is 4. The monoisotopic (exact) mass is 286 g/mol. The lowest BCUT2D eigenvalue weighted by atomic mass is 10.0. The third kappa shape index (κ3) is 2.41. The highest BCUT2D eigenvalue weighted by molar-refractivity contribution is 5.78. The summed E-state index contributed by atoms with van der Waals surface area (Å²) in [5.74, 6) is -0.00902. The first-order valence-corrected chi connectivity index (χ1v) is 7.28. The number of amides is 1. The Labute approximate surface area is 122 Å². The molecule has 6 nitrogen and oxygen atoms in total. The Balaban J connectivity index is 1.45. The minimum absolute atomic E-state index is 0.00902. The van der Waals surface area contributed by atoms with Gasteiger partial charge in [-0.1, -0.05) is 0 Å². The highest BCUT2D eigenvalue weighted by Gasteiger charge is 2.41. The molecule has 1 N–H and O–H groups in total. The van der Waals surface area contributed by atoms with Crippen LogP contribution in [-0.4, -0.2) is 52.3 Å². The third-order valence-electron chi connectivity index (χ3n) is 4.38. The Morgan fingerprint density at radius 3 is 3.24 bits per heavy atom. The maximum Gasteiger partial charge on any atom is 0.246 e. The SMILES string of the molecule is O=C1COC2(CCN(Cc3ccn4nccc4c3)C2)CN1. The van der Waals surface area contributed by atoms with E-state index in [1.807, 2.05) is 23.0 Å². The molecule has 0 aliphatic carbocycles. The quantitative estimate of drug-likeness (QED) is 0.869. The predicted molar refractivity (Wildman–Crippen MR) is 76.8 cm³/mol.